The van der Waals surface area contributed by atoms with Crippen molar-refractivity contribution in [2.75, 3.05) is 7.11 Å². The van der Waals surface area contributed by atoms with Crippen LogP contribution in [0.15, 0.2) is 65.5 Å². The van der Waals surface area contributed by atoms with E-state index in [1.165, 1.54) is 36.4 Å². The van der Waals surface area contributed by atoms with Crippen LogP contribution >= 0.6 is 0 Å². The van der Waals surface area contributed by atoms with Crippen molar-refractivity contribution in [3.8, 4) is 0 Å². The SMILES string of the molecule is COC(=O)c1ccc(C(c2ccc(C(F)(F)F)cc2)c2ccc(C(F)(F)F)cc2)[nH]c1=O. The second-order valence-electron chi connectivity index (χ2n) is 6.82. The van der Waals surface area contributed by atoms with Crippen molar-refractivity contribution in [1.29, 1.82) is 0 Å². The van der Waals surface area contributed by atoms with E-state index >= 15 is 0 Å². The van der Waals surface area contributed by atoms with Gasteiger partial charge in [0.1, 0.15) is 5.56 Å². The van der Waals surface area contributed by atoms with Crippen molar-refractivity contribution in [3.05, 3.63) is 105 Å². The van der Waals surface area contributed by atoms with Gasteiger partial charge in [0.15, 0.2) is 0 Å². The summed E-state index contributed by atoms with van der Waals surface area (Å²) in [6, 6.07) is 10.6. The van der Waals surface area contributed by atoms with Gasteiger partial charge in [-0.05, 0) is 47.5 Å². The molecule has 0 radical (unpaired) electrons. The Labute approximate surface area is 177 Å². The molecule has 0 bridgehead atoms. The van der Waals surface area contributed by atoms with Gasteiger partial charge < -0.3 is 9.72 Å². The molecule has 10 heteroatoms. The predicted molar refractivity (Wildman–Crippen MR) is 102 cm³/mol. The quantitative estimate of drug-likeness (QED) is 0.425. The van der Waals surface area contributed by atoms with Crippen molar-refractivity contribution < 1.29 is 35.9 Å². The van der Waals surface area contributed by atoms with E-state index in [0.717, 1.165) is 31.4 Å². The summed E-state index contributed by atoms with van der Waals surface area (Å²) in [6.45, 7) is 0. The normalized spacial score (nSPS) is 12.1. The number of nitrogens with one attached hydrogen (secondary N) is 1. The third-order valence-electron chi connectivity index (χ3n) is 4.79. The maximum absolute atomic E-state index is 12.9. The maximum Gasteiger partial charge on any atom is 0.416 e. The number of esters is 1. The van der Waals surface area contributed by atoms with Gasteiger partial charge in [-0.2, -0.15) is 26.3 Å². The predicted octanol–water partition coefficient (Wildman–Crippen LogP) is 5.38. The first-order valence-electron chi connectivity index (χ1n) is 9.07. The summed E-state index contributed by atoms with van der Waals surface area (Å²) in [6.07, 6.45) is -9.14. The highest BCUT2D eigenvalue weighted by Crippen LogP contribution is 2.36. The molecular weight excluding hydrogens is 440 g/mol. The van der Waals surface area contributed by atoms with E-state index in [4.69, 9.17) is 0 Å². The number of rotatable bonds is 4. The van der Waals surface area contributed by atoms with Gasteiger partial charge in [0, 0.05) is 11.6 Å². The number of alkyl halides is 6. The molecule has 3 aromatic rings. The molecule has 0 unspecified atom stereocenters. The second-order valence-corrected chi connectivity index (χ2v) is 6.82. The molecule has 1 aromatic heterocycles. The molecule has 4 nitrogen and oxygen atoms in total. The maximum atomic E-state index is 12.9. The Morgan fingerprint density at radius 3 is 1.56 bits per heavy atom. The van der Waals surface area contributed by atoms with Gasteiger partial charge in [-0.1, -0.05) is 24.3 Å². The minimum absolute atomic E-state index is 0.169. The Morgan fingerprint density at radius 1 is 0.781 bits per heavy atom. The number of aromatic amines is 1. The molecule has 168 valence electrons. The average Bonchev–Trinajstić information content (AvgIpc) is 2.73. The smallest absolute Gasteiger partial charge is 0.416 e. The molecule has 0 aliphatic rings. The number of ether oxygens (including phenoxy) is 1. The Balaban J connectivity index is 2.13. The first-order chi connectivity index (χ1) is 14.9. The third kappa shape index (κ3) is 4.84. The van der Waals surface area contributed by atoms with Gasteiger partial charge in [-0.3, -0.25) is 4.79 Å². The fourth-order valence-electron chi connectivity index (χ4n) is 3.21. The molecule has 1 N–H and O–H groups in total. The van der Waals surface area contributed by atoms with Crippen LogP contribution in [0.2, 0.25) is 0 Å². The number of halogens is 6. The van der Waals surface area contributed by atoms with Gasteiger partial charge >= 0.3 is 18.3 Å². The van der Waals surface area contributed by atoms with Crippen LogP contribution < -0.4 is 5.56 Å². The third-order valence-corrected chi connectivity index (χ3v) is 4.79. The van der Waals surface area contributed by atoms with Crippen LogP contribution in [-0.2, 0) is 17.1 Å². The Bertz CT molecular complexity index is 1110. The lowest BCUT2D eigenvalue weighted by atomic mass is 9.87. The number of benzene rings is 2. The Morgan fingerprint density at radius 2 is 1.22 bits per heavy atom. The molecule has 1 heterocycles. The van der Waals surface area contributed by atoms with E-state index in [9.17, 15) is 35.9 Å². The summed E-state index contributed by atoms with van der Waals surface area (Å²) in [7, 11) is 1.09. The zero-order valence-electron chi connectivity index (χ0n) is 16.3. The number of pyridine rings is 1. The van der Waals surface area contributed by atoms with E-state index in [1.54, 1.807) is 0 Å². The molecule has 0 spiro atoms. The van der Waals surface area contributed by atoms with E-state index in [1.807, 2.05) is 0 Å². The second kappa shape index (κ2) is 8.52. The van der Waals surface area contributed by atoms with E-state index in [2.05, 4.69) is 9.72 Å². The van der Waals surface area contributed by atoms with Crippen LogP contribution in [0, 0.1) is 0 Å². The van der Waals surface area contributed by atoms with Crippen LogP contribution in [0.4, 0.5) is 26.3 Å². The summed E-state index contributed by atoms with van der Waals surface area (Å²) in [5.74, 6) is -1.79. The molecule has 0 aliphatic carbocycles. The molecular formula is C22H15F6NO3. The highest BCUT2D eigenvalue weighted by molar-refractivity contribution is 5.88. The van der Waals surface area contributed by atoms with Crippen LogP contribution in [0.25, 0.3) is 0 Å². The van der Waals surface area contributed by atoms with E-state index in [-0.39, 0.29) is 11.3 Å². The standard InChI is InChI=1S/C22H15F6NO3/c1-32-20(31)16-10-11-17(29-19(16)30)18(12-2-6-14(7-3-12)21(23,24)25)13-4-8-15(9-5-13)22(26,27)28/h2-11,18H,1H3,(H,29,30). The number of H-pyrrole nitrogens is 1. The summed E-state index contributed by atoms with van der Waals surface area (Å²) in [4.78, 5) is 26.5. The van der Waals surface area contributed by atoms with Gasteiger partial charge in [-0.25, -0.2) is 4.79 Å². The summed E-state index contributed by atoms with van der Waals surface area (Å²) in [5.41, 5.74) is -2.16. The Kier molecular flexibility index (Phi) is 6.16. The molecule has 0 saturated carbocycles. The largest absolute Gasteiger partial charge is 0.465 e. The van der Waals surface area contributed by atoms with Gasteiger partial charge in [-0.15, -0.1) is 0 Å². The molecule has 0 fully saturated rings. The minimum Gasteiger partial charge on any atom is -0.465 e. The molecule has 32 heavy (non-hydrogen) atoms. The molecule has 0 amide bonds. The number of methoxy groups -OCH3 is 1. The lowest BCUT2D eigenvalue weighted by molar-refractivity contribution is -0.138. The molecule has 0 atom stereocenters. The van der Waals surface area contributed by atoms with Crippen molar-refractivity contribution in [1.82, 2.24) is 4.98 Å². The van der Waals surface area contributed by atoms with Crippen molar-refractivity contribution in [3.63, 3.8) is 0 Å². The topological polar surface area (TPSA) is 59.2 Å². The first kappa shape index (κ1) is 23.1. The van der Waals surface area contributed by atoms with Crippen LogP contribution in [0.1, 0.15) is 44.2 Å². The molecule has 0 saturated heterocycles. The highest BCUT2D eigenvalue weighted by atomic mass is 19.4. The first-order valence-corrected chi connectivity index (χ1v) is 9.07. The lowest BCUT2D eigenvalue weighted by Crippen LogP contribution is -2.21. The van der Waals surface area contributed by atoms with Crippen LogP contribution in [-0.4, -0.2) is 18.1 Å². The zero-order chi connectivity index (χ0) is 23.7. The van der Waals surface area contributed by atoms with Crippen molar-refractivity contribution in [2.24, 2.45) is 0 Å². The fraction of sp³-hybridized carbons (Fsp3) is 0.182. The summed E-state index contributed by atoms with van der Waals surface area (Å²) >= 11 is 0. The number of hydrogen-bond acceptors (Lipinski definition) is 3. The highest BCUT2D eigenvalue weighted by Gasteiger charge is 2.32. The number of carbonyl (C=O) groups is 1. The lowest BCUT2D eigenvalue weighted by Gasteiger charge is -2.20. The minimum atomic E-state index is -4.57. The van der Waals surface area contributed by atoms with E-state index < -0.39 is 40.9 Å². The van der Waals surface area contributed by atoms with E-state index in [0.29, 0.717) is 11.1 Å². The van der Waals surface area contributed by atoms with Gasteiger partial charge in [0.2, 0.25) is 0 Å². The van der Waals surface area contributed by atoms with Crippen LogP contribution in [0.3, 0.4) is 0 Å². The summed E-state index contributed by atoms with van der Waals surface area (Å²) < 4.78 is 82.1. The van der Waals surface area contributed by atoms with Crippen molar-refractivity contribution >= 4 is 5.97 Å². The van der Waals surface area contributed by atoms with Crippen LogP contribution in [0.5, 0.6) is 0 Å². The molecule has 3 rings (SSSR count). The number of aromatic nitrogens is 1. The number of carbonyl (C=O) groups excluding carboxylic acids is 1. The Hall–Kier alpha value is -3.56. The monoisotopic (exact) mass is 455 g/mol. The fourth-order valence-corrected chi connectivity index (χ4v) is 3.21. The molecule has 0 aliphatic heterocycles. The van der Waals surface area contributed by atoms with Gasteiger partial charge in [0.05, 0.1) is 18.2 Å². The zero-order valence-corrected chi connectivity index (χ0v) is 16.3. The van der Waals surface area contributed by atoms with Gasteiger partial charge in [0.25, 0.3) is 5.56 Å². The van der Waals surface area contributed by atoms with Crippen molar-refractivity contribution in [2.45, 2.75) is 18.3 Å². The average molecular weight is 455 g/mol. The molecule has 2 aromatic carbocycles. The summed E-state index contributed by atoms with van der Waals surface area (Å²) in [5, 5.41) is 0. The number of hydrogen-bond donors (Lipinski definition) is 1.